The third-order valence-corrected chi connectivity index (χ3v) is 8.00. The molecule has 1 atom stereocenters. The maximum Gasteiger partial charge on any atom is 0.222 e. The zero-order valence-electron chi connectivity index (χ0n) is 20.5. The highest BCUT2D eigenvalue weighted by Crippen LogP contribution is 2.36. The number of carbonyl (C=O) groups is 2. The summed E-state index contributed by atoms with van der Waals surface area (Å²) in [5, 5.41) is 0. The molecule has 2 saturated heterocycles. The van der Waals surface area contributed by atoms with E-state index in [1.54, 1.807) is 6.92 Å². The Labute approximate surface area is 202 Å². The van der Waals surface area contributed by atoms with Crippen molar-refractivity contribution in [1.29, 1.82) is 0 Å². The Balaban J connectivity index is 1.26. The minimum atomic E-state index is 0.146. The summed E-state index contributed by atoms with van der Waals surface area (Å²) >= 11 is 0. The van der Waals surface area contributed by atoms with Crippen LogP contribution in [0.25, 0.3) is 0 Å². The number of piperidine rings is 1. The number of rotatable bonds is 3. The summed E-state index contributed by atoms with van der Waals surface area (Å²) in [6.07, 6.45) is 6.48. The maximum atomic E-state index is 13.1. The summed E-state index contributed by atoms with van der Waals surface area (Å²) in [7, 11) is 0. The second-order valence-corrected chi connectivity index (χ2v) is 10.2. The van der Waals surface area contributed by atoms with Gasteiger partial charge in [-0.2, -0.15) is 0 Å². The predicted octanol–water partition coefficient (Wildman–Crippen LogP) is 3.37. The Morgan fingerprint density at radius 1 is 0.941 bits per heavy atom. The Bertz CT molecular complexity index is 1050. The molecule has 0 spiro atoms. The van der Waals surface area contributed by atoms with Crippen LogP contribution in [0.4, 0.5) is 0 Å². The van der Waals surface area contributed by atoms with Crippen molar-refractivity contribution < 1.29 is 9.59 Å². The fraction of sp³-hybridized carbons (Fsp3) is 0.536. The molecule has 0 saturated carbocycles. The van der Waals surface area contributed by atoms with Crippen LogP contribution in [-0.4, -0.2) is 70.8 Å². The Morgan fingerprint density at radius 3 is 2.41 bits per heavy atom. The normalized spacial score (nSPS) is 21.5. The van der Waals surface area contributed by atoms with Crippen molar-refractivity contribution in [1.82, 2.24) is 19.7 Å². The lowest BCUT2D eigenvalue weighted by Gasteiger charge is -2.40. The van der Waals surface area contributed by atoms with E-state index in [1.807, 2.05) is 11.1 Å². The van der Waals surface area contributed by atoms with Gasteiger partial charge >= 0.3 is 0 Å². The second-order valence-electron chi connectivity index (χ2n) is 10.2. The van der Waals surface area contributed by atoms with Crippen molar-refractivity contribution in [3.63, 3.8) is 0 Å². The maximum absolute atomic E-state index is 13.1. The molecule has 1 aromatic carbocycles. The van der Waals surface area contributed by atoms with Gasteiger partial charge < -0.3 is 9.80 Å². The molecule has 5 rings (SSSR count). The lowest BCUT2D eigenvalue weighted by Crippen LogP contribution is -2.50. The molecule has 0 bridgehead atoms. The SMILES string of the molecule is CC(=O)N1CCC(CC(=O)N2CCN([C@@H]3c4ccc(C)cc4CCc4cccnc43)CC2)CC1. The molecule has 0 unspecified atom stereocenters. The first-order valence-electron chi connectivity index (χ1n) is 12.8. The Hall–Kier alpha value is -2.73. The highest BCUT2D eigenvalue weighted by Gasteiger charge is 2.33. The van der Waals surface area contributed by atoms with Gasteiger partial charge in [0.2, 0.25) is 11.8 Å². The van der Waals surface area contributed by atoms with E-state index in [0.29, 0.717) is 12.3 Å². The molecule has 2 amide bonds. The largest absolute Gasteiger partial charge is 0.343 e. The molecule has 2 fully saturated rings. The number of pyridine rings is 1. The van der Waals surface area contributed by atoms with Crippen LogP contribution >= 0.6 is 0 Å². The Morgan fingerprint density at radius 2 is 1.68 bits per heavy atom. The van der Waals surface area contributed by atoms with E-state index < -0.39 is 0 Å². The van der Waals surface area contributed by atoms with Crippen LogP contribution in [0.1, 0.15) is 60.2 Å². The fourth-order valence-corrected chi connectivity index (χ4v) is 5.97. The third kappa shape index (κ3) is 4.74. The number of amides is 2. The van der Waals surface area contributed by atoms with E-state index in [9.17, 15) is 9.59 Å². The standard InChI is InChI=1S/C28H36N4O2/c1-20-5-8-25-24(18-20)7-6-23-4-3-11-29-27(23)28(25)32-16-14-31(15-17-32)26(34)19-22-9-12-30(13-10-22)21(2)33/h3-5,8,11,18,22,28H,6-7,9-10,12-17,19H2,1-2H3/t28-/m1/s1. The number of benzene rings is 1. The number of likely N-dealkylation sites (tertiary alicyclic amines) is 1. The van der Waals surface area contributed by atoms with E-state index in [0.717, 1.165) is 65.0 Å². The summed E-state index contributed by atoms with van der Waals surface area (Å²) in [4.78, 5) is 36.0. The molecule has 6 nitrogen and oxygen atoms in total. The van der Waals surface area contributed by atoms with Gasteiger partial charge in [0.05, 0.1) is 11.7 Å². The van der Waals surface area contributed by atoms with Gasteiger partial charge in [-0.05, 0) is 61.3 Å². The van der Waals surface area contributed by atoms with Crippen molar-refractivity contribution in [2.75, 3.05) is 39.3 Å². The average Bonchev–Trinajstić information content (AvgIpc) is 3.01. The summed E-state index contributed by atoms with van der Waals surface area (Å²) in [5.41, 5.74) is 6.64. The molecule has 2 aromatic rings. The summed E-state index contributed by atoms with van der Waals surface area (Å²) in [6, 6.07) is 11.3. The van der Waals surface area contributed by atoms with E-state index in [-0.39, 0.29) is 17.9 Å². The number of aromatic nitrogens is 1. The van der Waals surface area contributed by atoms with Gasteiger partial charge in [0, 0.05) is 58.8 Å². The monoisotopic (exact) mass is 460 g/mol. The number of fused-ring (bicyclic) bond motifs is 2. The molecule has 34 heavy (non-hydrogen) atoms. The lowest BCUT2D eigenvalue weighted by molar-refractivity contribution is -0.135. The molecular formula is C28H36N4O2. The third-order valence-electron chi connectivity index (χ3n) is 8.00. The molecule has 3 aliphatic rings. The highest BCUT2D eigenvalue weighted by molar-refractivity contribution is 5.77. The number of hydrogen-bond acceptors (Lipinski definition) is 4. The zero-order valence-corrected chi connectivity index (χ0v) is 20.5. The number of aryl methyl sites for hydroxylation is 3. The molecule has 1 aromatic heterocycles. The summed E-state index contributed by atoms with van der Waals surface area (Å²) in [6.45, 7) is 8.63. The van der Waals surface area contributed by atoms with E-state index in [4.69, 9.17) is 4.98 Å². The number of carbonyl (C=O) groups excluding carboxylic acids is 2. The number of nitrogens with zero attached hydrogens (tertiary/aromatic N) is 4. The topological polar surface area (TPSA) is 56.8 Å². The highest BCUT2D eigenvalue weighted by atomic mass is 16.2. The van der Waals surface area contributed by atoms with Gasteiger partial charge in [-0.3, -0.25) is 19.5 Å². The van der Waals surface area contributed by atoms with Gasteiger partial charge in [0.15, 0.2) is 0 Å². The van der Waals surface area contributed by atoms with E-state index in [2.05, 4.69) is 47.1 Å². The molecule has 1 aliphatic carbocycles. The summed E-state index contributed by atoms with van der Waals surface area (Å²) < 4.78 is 0. The minimum Gasteiger partial charge on any atom is -0.343 e. The van der Waals surface area contributed by atoms with Crippen LogP contribution < -0.4 is 0 Å². The quantitative estimate of drug-likeness (QED) is 0.705. The van der Waals surface area contributed by atoms with Gasteiger partial charge in [-0.1, -0.05) is 29.8 Å². The van der Waals surface area contributed by atoms with Crippen LogP contribution in [0.5, 0.6) is 0 Å². The first-order chi connectivity index (χ1) is 16.5. The Kier molecular flexibility index (Phi) is 6.68. The fourth-order valence-electron chi connectivity index (χ4n) is 5.97. The van der Waals surface area contributed by atoms with Crippen molar-refractivity contribution in [2.45, 2.75) is 52.0 Å². The first-order valence-corrected chi connectivity index (χ1v) is 12.8. The van der Waals surface area contributed by atoms with Crippen LogP contribution in [-0.2, 0) is 22.4 Å². The van der Waals surface area contributed by atoms with Gasteiger partial charge in [0.1, 0.15) is 0 Å². The average molecular weight is 461 g/mol. The molecule has 0 radical (unpaired) electrons. The predicted molar refractivity (Wildman–Crippen MR) is 132 cm³/mol. The van der Waals surface area contributed by atoms with Crippen LogP contribution in [0.15, 0.2) is 36.5 Å². The van der Waals surface area contributed by atoms with Crippen molar-refractivity contribution in [3.05, 3.63) is 64.5 Å². The van der Waals surface area contributed by atoms with Crippen molar-refractivity contribution in [3.8, 4) is 0 Å². The van der Waals surface area contributed by atoms with E-state index >= 15 is 0 Å². The summed E-state index contributed by atoms with van der Waals surface area (Å²) in [5.74, 6) is 0.817. The van der Waals surface area contributed by atoms with Crippen LogP contribution in [0, 0.1) is 12.8 Å². The zero-order chi connectivity index (χ0) is 23.7. The molecular weight excluding hydrogens is 424 g/mol. The smallest absolute Gasteiger partial charge is 0.222 e. The minimum absolute atomic E-state index is 0.146. The van der Waals surface area contributed by atoms with Crippen molar-refractivity contribution >= 4 is 11.8 Å². The number of hydrogen-bond donors (Lipinski definition) is 0. The van der Waals surface area contributed by atoms with Crippen LogP contribution in [0.2, 0.25) is 0 Å². The molecule has 180 valence electrons. The van der Waals surface area contributed by atoms with Gasteiger partial charge in [0.25, 0.3) is 0 Å². The molecule has 2 aliphatic heterocycles. The van der Waals surface area contributed by atoms with E-state index in [1.165, 1.54) is 27.9 Å². The van der Waals surface area contributed by atoms with Crippen molar-refractivity contribution in [2.24, 2.45) is 5.92 Å². The van der Waals surface area contributed by atoms with Gasteiger partial charge in [-0.25, -0.2) is 0 Å². The van der Waals surface area contributed by atoms with Gasteiger partial charge in [-0.15, -0.1) is 0 Å². The molecule has 3 heterocycles. The molecule has 0 N–H and O–H groups in total. The lowest BCUT2D eigenvalue weighted by atomic mass is 9.92. The second kappa shape index (κ2) is 9.87. The molecule has 6 heteroatoms. The number of piperazine rings is 1. The van der Waals surface area contributed by atoms with Crippen LogP contribution in [0.3, 0.4) is 0 Å². The first kappa shape index (κ1) is 23.0.